The van der Waals surface area contributed by atoms with Gasteiger partial charge in [0.1, 0.15) is 11.4 Å². The highest BCUT2D eigenvalue weighted by Crippen LogP contribution is 2.34. The van der Waals surface area contributed by atoms with Gasteiger partial charge in [-0.2, -0.15) is 0 Å². The number of nitrogens with two attached hydrogens (primary N) is 2. The van der Waals surface area contributed by atoms with Crippen LogP contribution in [0.5, 0.6) is 0 Å². The smallest absolute Gasteiger partial charge is 0.267 e. The predicted molar refractivity (Wildman–Crippen MR) is 173 cm³/mol. The highest BCUT2D eigenvalue weighted by atomic mass is 16.2. The molecule has 0 fully saturated rings. The van der Waals surface area contributed by atoms with Crippen molar-refractivity contribution in [1.82, 2.24) is 25.6 Å². The lowest BCUT2D eigenvalue weighted by molar-refractivity contribution is 0.0942. The highest BCUT2D eigenvalue weighted by molar-refractivity contribution is 6.10. The van der Waals surface area contributed by atoms with Crippen LogP contribution < -0.4 is 22.1 Å². The van der Waals surface area contributed by atoms with Crippen molar-refractivity contribution in [2.24, 2.45) is 11.5 Å². The maximum absolute atomic E-state index is 12.4. The molecule has 2 amide bonds. The molecule has 43 heavy (non-hydrogen) atoms. The molecule has 0 spiro atoms. The molecule has 0 atom stereocenters. The molecule has 9 heteroatoms. The number of aromatic amines is 3. The minimum Gasteiger partial charge on any atom is -0.355 e. The molecule has 0 aliphatic heterocycles. The van der Waals surface area contributed by atoms with Crippen LogP contribution in [0, 0.1) is 0 Å². The Hall–Kier alpha value is -5.38. The first-order valence-electron chi connectivity index (χ1n) is 14.3. The van der Waals surface area contributed by atoms with E-state index in [2.05, 4.69) is 86.2 Å². The monoisotopic (exact) mass is 569 g/mol. The zero-order valence-corrected chi connectivity index (χ0v) is 23.4. The van der Waals surface area contributed by atoms with E-state index in [-0.39, 0.29) is 11.8 Å². The average Bonchev–Trinajstić information content (AvgIpc) is 3.76. The molecule has 9 N–H and O–H groups in total. The largest absolute Gasteiger partial charge is 0.355 e. The maximum Gasteiger partial charge on any atom is 0.267 e. The van der Waals surface area contributed by atoms with Crippen molar-refractivity contribution in [3.63, 3.8) is 0 Å². The van der Waals surface area contributed by atoms with Crippen molar-refractivity contribution < 1.29 is 9.59 Å². The van der Waals surface area contributed by atoms with E-state index < -0.39 is 0 Å². The number of H-pyrrole nitrogens is 3. The summed E-state index contributed by atoms with van der Waals surface area (Å²) in [5, 5.41) is 9.82. The molecule has 0 saturated heterocycles. The van der Waals surface area contributed by atoms with Gasteiger partial charge in [-0.15, -0.1) is 0 Å². The fraction of sp³-hybridized carbons (Fsp3) is 0.118. The lowest BCUT2D eigenvalue weighted by Gasteiger charge is -2.04. The summed E-state index contributed by atoms with van der Waals surface area (Å²) in [6, 6.07) is 29.0. The van der Waals surface area contributed by atoms with Gasteiger partial charge in [-0.1, -0.05) is 24.3 Å². The standard InChI is InChI=1S/C34H31N7O2/c35-9-11-37-33(42)31-17-23-13-19(1-5-27(23)39-31)21-3-7-29-25(15-21)26-16-22(4-8-30(26)41-29)20-2-6-28-24(14-20)18-32(40-28)34(43)38-12-10-36/h1-8,13-18,39-41H,9-12,35-36H2,(H,37,42)(H,38,43). The van der Waals surface area contributed by atoms with Crippen molar-refractivity contribution >= 4 is 55.4 Å². The first-order chi connectivity index (χ1) is 21.0. The number of fused-ring (bicyclic) bond motifs is 5. The molecule has 0 radical (unpaired) electrons. The fourth-order valence-corrected chi connectivity index (χ4v) is 5.69. The molecule has 9 nitrogen and oxygen atoms in total. The van der Waals surface area contributed by atoms with E-state index in [1.54, 1.807) is 0 Å². The normalized spacial score (nSPS) is 11.6. The lowest BCUT2D eigenvalue weighted by Crippen LogP contribution is -2.29. The van der Waals surface area contributed by atoms with Gasteiger partial charge in [0, 0.05) is 69.8 Å². The van der Waals surface area contributed by atoms with E-state index in [1.807, 2.05) is 24.3 Å². The lowest BCUT2D eigenvalue weighted by atomic mass is 9.99. The molecule has 4 aromatic carbocycles. The van der Waals surface area contributed by atoms with Crippen molar-refractivity contribution in [3.8, 4) is 22.3 Å². The maximum atomic E-state index is 12.4. The molecule has 0 saturated carbocycles. The van der Waals surface area contributed by atoms with Crippen LogP contribution in [0.15, 0.2) is 84.9 Å². The SMILES string of the molecule is NCCNC(=O)c1cc2cc(-c3ccc4[nH]c5ccc(-c6ccc7[nH]c(C(=O)NCCN)cc7c6)cc5c4c3)ccc2[nH]1. The van der Waals surface area contributed by atoms with E-state index in [0.29, 0.717) is 37.6 Å². The Kier molecular flexibility index (Phi) is 6.65. The van der Waals surface area contributed by atoms with Gasteiger partial charge in [-0.25, -0.2) is 0 Å². The number of rotatable bonds is 8. The van der Waals surface area contributed by atoms with Gasteiger partial charge in [0.05, 0.1) is 0 Å². The van der Waals surface area contributed by atoms with Gasteiger partial charge < -0.3 is 37.1 Å². The minimum atomic E-state index is -0.164. The van der Waals surface area contributed by atoms with Gasteiger partial charge in [0.25, 0.3) is 11.8 Å². The number of carbonyl (C=O) groups is 2. The quantitative estimate of drug-likeness (QED) is 0.137. The van der Waals surface area contributed by atoms with Gasteiger partial charge in [0.15, 0.2) is 0 Å². The number of nitrogens with one attached hydrogen (secondary N) is 5. The number of hydrogen-bond acceptors (Lipinski definition) is 4. The van der Waals surface area contributed by atoms with Gasteiger partial charge in [-0.3, -0.25) is 9.59 Å². The Morgan fingerprint density at radius 2 is 0.907 bits per heavy atom. The molecular formula is C34H31N7O2. The second kappa shape index (κ2) is 10.8. The zero-order chi connectivity index (χ0) is 29.5. The van der Waals surface area contributed by atoms with E-state index in [4.69, 9.17) is 11.5 Å². The summed E-state index contributed by atoms with van der Waals surface area (Å²) in [7, 11) is 0. The number of amides is 2. The molecule has 0 aliphatic carbocycles. The Morgan fingerprint density at radius 3 is 1.33 bits per heavy atom. The third kappa shape index (κ3) is 4.90. The average molecular weight is 570 g/mol. The topological polar surface area (TPSA) is 158 Å². The molecule has 214 valence electrons. The molecular weight excluding hydrogens is 538 g/mol. The number of carbonyl (C=O) groups excluding carboxylic acids is 2. The van der Waals surface area contributed by atoms with Crippen LogP contribution in [0.2, 0.25) is 0 Å². The Morgan fingerprint density at radius 1 is 0.512 bits per heavy atom. The molecule has 3 heterocycles. The summed E-state index contributed by atoms with van der Waals surface area (Å²) >= 11 is 0. The summed E-state index contributed by atoms with van der Waals surface area (Å²) in [6.07, 6.45) is 0. The van der Waals surface area contributed by atoms with Gasteiger partial charge >= 0.3 is 0 Å². The zero-order valence-electron chi connectivity index (χ0n) is 23.4. The molecule has 7 rings (SSSR count). The summed E-state index contributed by atoms with van der Waals surface area (Å²) in [5.74, 6) is -0.327. The van der Waals surface area contributed by atoms with Crippen LogP contribution in [0.4, 0.5) is 0 Å². The van der Waals surface area contributed by atoms with Crippen LogP contribution in [0.3, 0.4) is 0 Å². The Balaban J connectivity index is 1.23. The molecule has 7 aromatic rings. The van der Waals surface area contributed by atoms with Crippen LogP contribution in [-0.4, -0.2) is 52.9 Å². The van der Waals surface area contributed by atoms with Crippen LogP contribution in [-0.2, 0) is 0 Å². The molecule has 0 unspecified atom stereocenters. The van der Waals surface area contributed by atoms with Crippen molar-refractivity contribution in [2.45, 2.75) is 0 Å². The molecule has 3 aromatic heterocycles. The van der Waals surface area contributed by atoms with Crippen molar-refractivity contribution in [2.75, 3.05) is 26.2 Å². The third-order valence-corrected chi connectivity index (χ3v) is 7.86. The summed E-state index contributed by atoms with van der Waals surface area (Å²) in [4.78, 5) is 34.7. The summed E-state index contributed by atoms with van der Waals surface area (Å²) in [5.41, 5.74) is 20.3. The number of benzene rings is 4. The van der Waals surface area contributed by atoms with Crippen molar-refractivity contribution in [3.05, 3.63) is 96.3 Å². The fourth-order valence-electron chi connectivity index (χ4n) is 5.69. The Bertz CT molecular complexity index is 2020. The first-order valence-corrected chi connectivity index (χ1v) is 14.3. The summed E-state index contributed by atoms with van der Waals surface area (Å²) in [6.45, 7) is 1.66. The second-order valence-electron chi connectivity index (χ2n) is 10.7. The van der Waals surface area contributed by atoms with Gasteiger partial charge in [-0.05, 0) is 82.9 Å². The number of aromatic nitrogens is 3. The van der Waals surface area contributed by atoms with Crippen LogP contribution in [0.1, 0.15) is 21.0 Å². The Labute approximate surface area is 246 Å². The van der Waals surface area contributed by atoms with Crippen molar-refractivity contribution in [1.29, 1.82) is 0 Å². The van der Waals surface area contributed by atoms with Gasteiger partial charge in [0.2, 0.25) is 0 Å². The third-order valence-electron chi connectivity index (χ3n) is 7.86. The highest BCUT2D eigenvalue weighted by Gasteiger charge is 2.13. The molecule has 0 bridgehead atoms. The second-order valence-corrected chi connectivity index (χ2v) is 10.7. The first kappa shape index (κ1) is 26.5. The number of hydrogen-bond donors (Lipinski definition) is 7. The summed E-state index contributed by atoms with van der Waals surface area (Å²) < 4.78 is 0. The van der Waals surface area contributed by atoms with E-state index in [0.717, 1.165) is 65.9 Å². The van der Waals surface area contributed by atoms with E-state index in [1.165, 1.54) is 0 Å². The van der Waals surface area contributed by atoms with Crippen LogP contribution in [0.25, 0.3) is 65.9 Å². The van der Waals surface area contributed by atoms with Crippen LogP contribution >= 0.6 is 0 Å². The predicted octanol–water partition coefficient (Wildman–Crippen LogP) is 4.99. The minimum absolute atomic E-state index is 0.164. The van der Waals surface area contributed by atoms with E-state index in [9.17, 15) is 9.59 Å². The van der Waals surface area contributed by atoms with E-state index >= 15 is 0 Å². The molecule has 0 aliphatic rings.